The zero-order valence-corrected chi connectivity index (χ0v) is 4.47. The third kappa shape index (κ3) is 6.19. The molecule has 7 heavy (non-hydrogen) atoms. The van der Waals surface area contributed by atoms with Crippen LogP contribution in [0.15, 0.2) is 0 Å². The smallest absolute Gasteiger partial charge is 0.346 e. The van der Waals surface area contributed by atoms with Crippen molar-refractivity contribution >= 4 is 8.88 Å². The zero-order valence-electron chi connectivity index (χ0n) is 3.47. The van der Waals surface area contributed by atoms with Gasteiger partial charge in [-0.15, -0.1) is 0 Å². The van der Waals surface area contributed by atoms with E-state index < -0.39 is 18.8 Å². The highest BCUT2D eigenvalue weighted by Crippen LogP contribution is 1.64. The van der Waals surface area contributed by atoms with Crippen LogP contribution >= 0.6 is 8.88 Å². The third-order valence-corrected chi connectivity index (χ3v) is 0.739. The van der Waals surface area contributed by atoms with Gasteiger partial charge in [0.05, 0.1) is 0 Å². The highest BCUT2D eigenvalue weighted by molar-refractivity contribution is 7.22. The van der Waals surface area contributed by atoms with Crippen LogP contribution in [0.4, 0.5) is 0 Å². The highest BCUT2D eigenvalue weighted by atomic mass is 31.1. The summed E-state index contributed by atoms with van der Waals surface area (Å²) in [6, 6.07) is 0. The van der Waals surface area contributed by atoms with E-state index in [-0.39, 0.29) is 0 Å². The van der Waals surface area contributed by atoms with Crippen molar-refractivity contribution in [2.45, 2.75) is 0 Å². The Bertz CT molecular complexity index is 39.0. The lowest BCUT2D eigenvalue weighted by atomic mass is 12.8. The third-order valence-electron chi connectivity index (χ3n) is 0.246. The van der Waals surface area contributed by atoms with Crippen molar-refractivity contribution in [3.8, 4) is 0 Å². The molecule has 0 fully saturated rings. The quantitative estimate of drug-likeness (QED) is 0.172. The van der Waals surface area contributed by atoms with Crippen LogP contribution in [0.2, 0.25) is 0 Å². The molecule has 0 spiro atoms. The molecule has 0 aliphatic carbocycles. The molecule has 0 aromatic rings. The Hall–Kier alpha value is 0.190. The summed E-state index contributed by atoms with van der Waals surface area (Å²) in [4.78, 5) is -1.32. The first-order chi connectivity index (χ1) is 3.13. The van der Waals surface area contributed by atoms with Gasteiger partial charge in [0, 0.05) is 0 Å². The second kappa shape index (κ2) is 3.23. The summed E-state index contributed by atoms with van der Waals surface area (Å²) in [6.07, 6.45) is 0. The maximum atomic E-state index is 9.74. The van der Waals surface area contributed by atoms with Crippen molar-refractivity contribution in [1.82, 2.24) is 0 Å². The summed E-state index contributed by atoms with van der Waals surface area (Å²) in [6.45, 7) is 0. The van der Waals surface area contributed by atoms with Gasteiger partial charge in [0.1, 0.15) is 0 Å². The summed E-state index contributed by atoms with van der Waals surface area (Å²) >= 11 is 0. The summed E-state index contributed by atoms with van der Waals surface area (Å²) in [5.41, 5.74) is 0. The molecule has 0 rings (SSSR count). The summed E-state index contributed by atoms with van der Waals surface area (Å²) < 4.78 is 0. The first-order valence-electron chi connectivity index (χ1n) is 1.49. The molecule has 0 amide bonds. The fourth-order valence-electron chi connectivity index (χ4n) is 0.121. The first kappa shape index (κ1) is 7.19. The molecule has 6 nitrogen and oxygen atoms in total. The molecule has 6 N–H and O–H groups in total. The highest BCUT2D eigenvalue weighted by Gasteiger charge is 1.92. The molecule has 44 valence electrons. The predicted octanol–water partition coefficient (Wildman–Crippen LogP) is -3.99. The van der Waals surface area contributed by atoms with E-state index in [0.29, 0.717) is 0 Å². The van der Waals surface area contributed by atoms with Gasteiger partial charge in [-0.3, -0.25) is 0 Å². The Balaban J connectivity index is 2.95. The number of hydrogen-bond acceptors (Lipinski definition) is 4. The molecule has 2 atom stereocenters. The van der Waals surface area contributed by atoms with E-state index in [1.54, 1.807) is 0 Å². The molecule has 0 saturated carbocycles. The lowest BCUT2D eigenvalue weighted by Gasteiger charge is -2.17. The maximum absolute atomic E-state index is 9.74. The van der Waals surface area contributed by atoms with E-state index >= 15 is 0 Å². The SMILES string of the molecule is N[NH+]([O-])P[NH+](N)[O-]. The minimum absolute atomic E-state index is 0.577. The van der Waals surface area contributed by atoms with E-state index in [2.05, 4.69) is 11.7 Å². The standard InChI is InChI=1S/H7N4O2P/c1-3(5)7-4(2)6/h3-4,7H,1-2H2. The first-order valence-corrected chi connectivity index (χ1v) is 2.49. The normalized spacial score (nSPS) is 20.6. The summed E-state index contributed by atoms with van der Waals surface area (Å²) in [5.74, 6) is 9.13. The minimum atomic E-state index is -0.660. The fourth-order valence-corrected chi connectivity index (χ4v) is 0.364. The van der Waals surface area contributed by atoms with E-state index in [1.807, 2.05) is 0 Å². The Labute approximate surface area is 42.0 Å². The molecule has 0 aromatic carbocycles. The molecule has 0 saturated heterocycles. The van der Waals surface area contributed by atoms with E-state index in [0.717, 1.165) is 0 Å². The molecule has 0 aliphatic heterocycles. The minimum Gasteiger partial charge on any atom is -0.608 e. The van der Waals surface area contributed by atoms with Gasteiger partial charge >= 0.3 is 8.88 Å². The van der Waals surface area contributed by atoms with E-state index in [4.69, 9.17) is 0 Å². The van der Waals surface area contributed by atoms with Gasteiger partial charge in [-0.1, -0.05) is 0 Å². The molecule has 0 aliphatic rings. The second-order valence-corrected chi connectivity index (χ2v) is 2.09. The number of quaternary nitrogens is 2. The van der Waals surface area contributed by atoms with Crippen LogP contribution in [0.1, 0.15) is 0 Å². The van der Waals surface area contributed by atoms with Gasteiger partial charge in [-0.25, -0.2) is 9.89 Å². The Morgan fingerprint density at radius 1 is 1.14 bits per heavy atom. The van der Waals surface area contributed by atoms with Crippen molar-refractivity contribution < 1.29 is 9.89 Å². The van der Waals surface area contributed by atoms with Crippen LogP contribution in [-0.4, -0.2) is 0 Å². The van der Waals surface area contributed by atoms with Crippen LogP contribution in [0.3, 0.4) is 0 Å². The summed E-state index contributed by atoms with van der Waals surface area (Å²) in [5, 5.41) is 19.5. The molecular formula is H7N4O2P. The zero-order chi connectivity index (χ0) is 5.86. The van der Waals surface area contributed by atoms with Crippen LogP contribution in [0.25, 0.3) is 0 Å². The largest absolute Gasteiger partial charge is 0.608 e. The van der Waals surface area contributed by atoms with Crippen LogP contribution < -0.4 is 21.6 Å². The maximum Gasteiger partial charge on any atom is 0.346 e. The average Bonchev–Trinajstić information content (AvgIpc) is 1.27. The summed E-state index contributed by atoms with van der Waals surface area (Å²) in [7, 11) is -0.577. The van der Waals surface area contributed by atoms with Crippen LogP contribution in [0.5, 0.6) is 0 Å². The molecule has 0 heterocycles. The van der Waals surface area contributed by atoms with Gasteiger partial charge in [0.25, 0.3) is 0 Å². The number of hydrogen-bond donors (Lipinski definition) is 4. The van der Waals surface area contributed by atoms with Crippen molar-refractivity contribution in [3.63, 3.8) is 0 Å². The van der Waals surface area contributed by atoms with Crippen molar-refractivity contribution in [1.29, 1.82) is 0 Å². The Morgan fingerprint density at radius 3 is 1.43 bits per heavy atom. The van der Waals surface area contributed by atoms with Crippen molar-refractivity contribution in [2.75, 3.05) is 0 Å². The average molecular weight is 126 g/mol. The van der Waals surface area contributed by atoms with Crippen LogP contribution in [-0.2, 0) is 0 Å². The number of nitrogens with two attached hydrogens (primary N) is 2. The van der Waals surface area contributed by atoms with Gasteiger partial charge in [-0.2, -0.15) is 11.7 Å². The Morgan fingerprint density at radius 2 is 1.43 bits per heavy atom. The van der Waals surface area contributed by atoms with Gasteiger partial charge < -0.3 is 10.4 Å². The van der Waals surface area contributed by atoms with Gasteiger partial charge in [-0.05, 0) is 0 Å². The van der Waals surface area contributed by atoms with Crippen molar-refractivity contribution in [2.24, 2.45) is 11.7 Å². The monoisotopic (exact) mass is 126 g/mol. The van der Waals surface area contributed by atoms with E-state index in [1.165, 1.54) is 0 Å². The molecule has 0 bridgehead atoms. The second-order valence-electron chi connectivity index (χ2n) is 0.854. The Kier molecular flexibility index (Phi) is 3.31. The molecule has 2 unspecified atom stereocenters. The molecule has 0 radical (unpaired) electrons. The number of nitrogens with one attached hydrogen (secondary N) is 2. The molecular weight excluding hydrogens is 119 g/mol. The van der Waals surface area contributed by atoms with Gasteiger partial charge in [0.15, 0.2) is 0 Å². The lowest BCUT2D eigenvalue weighted by molar-refractivity contribution is -0.821. The molecule has 0 aromatic heterocycles. The number of rotatable bonds is 2. The predicted molar refractivity (Wildman–Crippen MR) is 25.3 cm³/mol. The van der Waals surface area contributed by atoms with Crippen molar-refractivity contribution in [3.05, 3.63) is 10.4 Å². The molecule has 7 heteroatoms. The van der Waals surface area contributed by atoms with E-state index in [9.17, 15) is 10.4 Å². The van der Waals surface area contributed by atoms with Gasteiger partial charge in [0.2, 0.25) is 0 Å². The van der Waals surface area contributed by atoms with Crippen LogP contribution in [0, 0.1) is 10.4 Å². The fraction of sp³-hybridized carbons (Fsp3) is 0. The lowest BCUT2D eigenvalue weighted by Crippen LogP contribution is -3.21. The topological polar surface area (TPSA) is 107 Å².